The molecule has 0 bridgehead atoms. The smallest absolute Gasteiger partial charge is 0.214 e. The molecule has 0 atom stereocenters. The van der Waals surface area contributed by atoms with Crippen LogP contribution in [0, 0.1) is 0 Å². The molecule has 0 saturated carbocycles. The Labute approximate surface area is 149 Å². The Kier molecular flexibility index (Phi) is 5.73. The number of methoxy groups -OCH3 is 2. The van der Waals surface area contributed by atoms with Gasteiger partial charge in [-0.05, 0) is 46.8 Å². The summed E-state index contributed by atoms with van der Waals surface area (Å²) < 4.78 is 17.9. The largest absolute Gasteiger partial charge is 0.497 e. The Morgan fingerprint density at radius 1 is 0.960 bits per heavy atom. The quantitative estimate of drug-likeness (QED) is 0.453. The molecule has 0 aliphatic carbocycles. The molecule has 25 heavy (non-hydrogen) atoms. The number of rotatable bonds is 8. The molecule has 0 radical (unpaired) electrons. The zero-order chi connectivity index (χ0) is 17.5. The average molecular weight is 358 g/mol. The van der Waals surface area contributed by atoms with Crippen molar-refractivity contribution in [2.45, 2.75) is 5.16 Å². The minimum Gasteiger partial charge on any atom is -0.497 e. The number of nitrogens with zero attached hydrogens (tertiary/aromatic N) is 4. The fourth-order valence-electron chi connectivity index (χ4n) is 2.19. The van der Waals surface area contributed by atoms with Crippen LogP contribution in [-0.4, -0.2) is 46.8 Å². The molecule has 1 aromatic heterocycles. The SMILES string of the molecule is COc1ccc(OCCSc2nnnn2-c2ccccc2OC)cc1. The van der Waals surface area contributed by atoms with Crippen molar-refractivity contribution < 1.29 is 14.2 Å². The van der Waals surface area contributed by atoms with Crippen LogP contribution in [-0.2, 0) is 0 Å². The number of tetrazole rings is 1. The van der Waals surface area contributed by atoms with E-state index >= 15 is 0 Å². The van der Waals surface area contributed by atoms with Crippen LogP contribution in [0.2, 0.25) is 0 Å². The maximum atomic E-state index is 5.72. The third-order valence-corrected chi connectivity index (χ3v) is 4.28. The summed E-state index contributed by atoms with van der Waals surface area (Å²) in [5, 5.41) is 12.6. The van der Waals surface area contributed by atoms with Crippen molar-refractivity contribution in [3.05, 3.63) is 48.5 Å². The number of benzene rings is 2. The molecular weight excluding hydrogens is 340 g/mol. The van der Waals surface area contributed by atoms with Gasteiger partial charge in [-0.25, -0.2) is 0 Å². The molecule has 0 aliphatic rings. The first-order valence-electron chi connectivity index (χ1n) is 7.63. The van der Waals surface area contributed by atoms with Crippen LogP contribution in [0.3, 0.4) is 0 Å². The van der Waals surface area contributed by atoms with Crippen LogP contribution in [0.15, 0.2) is 53.7 Å². The molecule has 7 nitrogen and oxygen atoms in total. The lowest BCUT2D eigenvalue weighted by Crippen LogP contribution is -2.04. The molecule has 2 aromatic carbocycles. The molecular formula is C17H18N4O3S. The molecule has 130 valence electrons. The second kappa shape index (κ2) is 8.39. The molecule has 0 aliphatic heterocycles. The normalized spacial score (nSPS) is 10.5. The molecule has 0 fully saturated rings. The summed E-state index contributed by atoms with van der Waals surface area (Å²) in [5.74, 6) is 3.02. The Hall–Kier alpha value is -2.74. The number of aromatic nitrogens is 4. The third-order valence-electron chi connectivity index (χ3n) is 3.40. The summed E-state index contributed by atoms with van der Waals surface area (Å²) in [6.45, 7) is 0.537. The van der Waals surface area contributed by atoms with Gasteiger partial charge < -0.3 is 14.2 Å². The Balaban J connectivity index is 1.58. The van der Waals surface area contributed by atoms with Gasteiger partial charge in [-0.3, -0.25) is 0 Å². The molecule has 8 heteroatoms. The summed E-state index contributed by atoms with van der Waals surface area (Å²) in [6.07, 6.45) is 0. The standard InChI is InChI=1S/C17H18N4O3S/c1-22-13-7-9-14(10-8-13)24-11-12-25-17-18-19-20-21(17)15-5-3-4-6-16(15)23-2/h3-10H,11-12H2,1-2H3. The van der Waals surface area contributed by atoms with E-state index in [1.807, 2.05) is 48.5 Å². The molecule has 0 N–H and O–H groups in total. The highest BCUT2D eigenvalue weighted by molar-refractivity contribution is 7.99. The zero-order valence-corrected chi connectivity index (χ0v) is 14.8. The fourth-order valence-corrected chi connectivity index (χ4v) is 2.89. The van der Waals surface area contributed by atoms with Crippen molar-refractivity contribution in [1.82, 2.24) is 20.2 Å². The van der Waals surface area contributed by atoms with Crippen LogP contribution < -0.4 is 14.2 Å². The van der Waals surface area contributed by atoms with Gasteiger partial charge in [-0.1, -0.05) is 23.9 Å². The lowest BCUT2D eigenvalue weighted by atomic mass is 10.3. The van der Waals surface area contributed by atoms with Crippen molar-refractivity contribution in [3.8, 4) is 22.9 Å². The van der Waals surface area contributed by atoms with Crippen LogP contribution in [0.1, 0.15) is 0 Å². The maximum Gasteiger partial charge on any atom is 0.214 e. The van der Waals surface area contributed by atoms with Gasteiger partial charge in [0, 0.05) is 5.75 Å². The van der Waals surface area contributed by atoms with Gasteiger partial charge >= 0.3 is 0 Å². The molecule has 0 saturated heterocycles. The van der Waals surface area contributed by atoms with Gasteiger partial charge in [0.2, 0.25) is 5.16 Å². The van der Waals surface area contributed by atoms with Crippen molar-refractivity contribution in [1.29, 1.82) is 0 Å². The van der Waals surface area contributed by atoms with E-state index in [-0.39, 0.29) is 0 Å². The summed E-state index contributed by atoms with van der Waals surface area (Å²) in [7, 11) is 3.26. The molecule has 3 rings (SSSR count). The average Bonchev–Trinajstić information content (AvgIpc) is 3.14. The summed E-state index contributed by atoms with van der Waals surface area (Å²) in [4.78, 5) is 0. The van der Waals surface area contributed by atoms with E-state index < -0.39 is 0 Å². The monoisotopic (exact) mass is 358 g/mol. The second-order valence-electron chi connectivity index (χ2n) is 4.92. The second-order valence-corrected chi connectivity index (χ2v) is 5.98. The first-order chi connectivity index (χ1) is 12.3. The van der Waals surface area contributed by atoms with Gasteiger partial charge in [-0.15, -0.1) is 5.10 Å². The lowest BCUT2D eigenvalue weighted by Gasteiger charge is -2.09. The van der Waals surface area contributed by atoms with Gasteiger partial charge in [-0.2, -0.15) is 4.68 Å². The van der Waals surface area contributed by atoms with E-state index in [4.69, 9.17) is 14.2 Å². The number of thioether (sulfide) groups is 1. The highest BCUT2D eigenvalue weighted by Crippen LogP contribution is 2.25. The predicted octanol–water partition coefficient (Wildman–Crippen LogP) is 2.85. The van der Waals surface area contributed by atoms with Crippen molar-refractivity contribution in [2.75, 3.05) is 26.6 Å². The zero-order valence-electron chi connectivity index (χ0n) is 14.0. The van der Waals surface area contributed by atoms with Gasteiger partial charge in [0.15, 0.2) is 0 Å². The first kappa shape index (κ1) is 17.1. The highest BCUT2D eigenvalue weighted by atomic mass is 32.2. The first-order valence-corrected chi connectivity index (χ1v) is 8.62. The van der Waals surface area contributed by atoms with E-state index in [2.05, 4.69) is 15.5 Å². The maximum absolute atomic E-state index is 5.72. The van der Waals surface area contributed by atoms with E-state index in [9.17, 15) is 0 Å². The minimum atomic E-state index is 0.537. The Bertz CT molecular complexity index is 808. The summed E-state index contributed by atoms with van der Waals surface area (Å²) in [6, 6.07) is 15.1. The number of hydrogen-bond acceptors (Lipinski definition) is 7. The summed E-state index contributed by atoms with van der Waals surface area (Å²) in [5.41, 5.74) is 0.800. The lowest BCUT2D eigenvalue weighted by molar-refractivity contribution is 0.342. The van der Waals surface area contributed by atoms with E-state index in [0.29, 0.717) is 23.3 Å². The molecule has 0 spiro atoms. The van der Waals surface area contributed by atoms with Crippen LogP contribution in [0.25, 0.3) is 5.69 Å². The van der Waals surface area contributed by atoms with E-state index in [1.54, 1.807) is 18.9 Å². The van der Waals surface area contributed by atoms with Crippen LogP contribution in [0.4, 0.5) is 0 Å². The molecule has 0 unspecified atom stereocenters. The molecule has 3 aromatic rings. The Morgan fingerprint density at radius 2 is 1.72 bits per heavy atom. The van der Waals surface area contributed by atoms with Gasteiger partial charge in [0.25, 0.3) is 0 Å². The number of para-hydroxylation sites is 2. The predicted molar refractivity (Wildman–Crippen MR) is 94.9 cm³/mol. The fraction of sp³-hybridized carbons (Fsp3) is 0.235. The molecule has 1 heterocycles. The topological polar surface area (TPSA) is 71.3 Å². The molecule has 0 amide bonds. The van der Waals surface area contributed by atoms with Crippen molar-refractivity contribution in [2.24, 2.45) is 0 Å². The van der Waals surface area contributed by atoms with Crippen molar-refractivity contribution >= 4 is 11.8 Å². The number of hydrogen-bond donors (Lipinski definition) is 0. The highest BCUT2D eigenvalue weighted by Gasteiger charge is 2.12. The third kappa shape index (κ3) is 4.21. The van der Waals surface area contributed by atoms with Crippen molar-refractivity contribution in [3.63, 3.8) is 0 Å². The van der Waals surface area contributed by atoms with Crippen LogP contribution in [0.5, 0.6) is 17.2 Å². The Morgan fingerprint density at radius 3 is 2.48 bits per heavy atom. The number of ether oxygens (including phenoxy) is 3. The van der Waals surface area contributed by atoms with Crippen LogP contribution >= 0.6 is 11.8 Å². The van der Waals surface area contributed by atoms with Gasteiger partial charge in [0.1, 0.15) is 22.9 Å². The minimum absolute atomic E-state index is 0.537. The van der Waals surface area contributed by atoms with E-state index in [0.717, 1.165) is 17.2 Å². The van der Waals surface area contributed by atoms with E-state index in [1.165, 1.54) is 11.8 Å². The summed E-state index contributed by atoms with van der Waals surface area (Å²) >= 11 is 1.52. The van der Waals surface area contributed by atoms with Gasteiger partial charge in [0.05, 0.1) is 20.8 Å².